The largest absolute Gasteiger partial charge is 0.383 e. The molecule has 4 heteroatoms. The maximum absolute atomic E-state index is 5.81. The Bertz CT molecular complexity index is 184. The van der Waals surface area contributed by atoms with Gasteiger partial charge in [-0.1, -0.05) is 6.92 Å². The van der Waals surface area contributed by atoms with E-state index in [4.69, 9.17) is 9.47 Å². The van der Waals surface area contributed by atoms with Gasteiger partial charge in [-0.15, -0.1) is 0 Å². The van der Waals surface area contributed by atoms with Crippen LogP contribution in [0.25, 0.3) is 0 Å². The molecule has 3 atom stereocenters. The predicted molar refractivity (Wildman–Crippen MR) is 65.8 cm³/mol. The number of nitrogens with zero attached hydrogens (tertiary/aromatic N) is 1. The summed E-state index contributed by atoms with van der Waals surface area (Å²) >= 11 is 0. The van der Waals surface area contributed by atoms with Crippen molar-refractivity contribution in [3.05, 3.63) is 0 Å². The van der Waals surface area contributed by atoms with Gasteiger partial charge in [0.05, 0.1) is 19.3 Å². The van der Waals surface area contributed by atoms with Crippen molar-refractivity contribution in [2.24, 2.45) is 0 Å². The standard InChI is InChI=1S/C12H26N2O2/c1-5-14(10(2)9-15-4)11(3)12-8-13-6-7-16-12/h10-13H,5-9H2,1-4H3. The Morgan fingerprint density at radius 2 is 2.25 bits per heavy atom. The van der Waals surface area contributed by atoms with Gasteiger partial charge in [0, 0.05) is 32.3 Å². The summed E-state index contributed by atoms with van der Waals surface area (Å²) in [5, 5.41) is 3.38. The number of hydrogen-bond acceptors (Lipinski definition) is 4. The molecule has 0 aromatic rings. The van der Waals surface area contributed by atoms with E-state index < -0.39 is 0 Å². The van der Waals surface area contributed by atoms with Crippen LogP contribution in [0, 0.1) is 0 Å². The highest BCUT2D eigenvalue weighted by Gasteiger charge is 2.27. The average Bonchev–Trinajstić information content (AvgIpc) is 2.31. The Balaban J connectivity index is 2.49. The van der Waals surface area contributed by atoms with Crippen LogP contribution in [0.15, 0.2) is 0 Å². The number of rotatable bonds is 6. The van der Waals surface area contributed by atoms with Crippen molar-refractivity contribution < 1.29 is 9.47 Å². The summed E-state index contributed by atoms with van der Waals surface area (Å²) in [6.07, 6.45) is 0.299. The Morgan fingerprint density at radius 1 is 1.50 bits per heavy atom. The van der Waals surface area contributed by atoms with Gasteiger partial charge in [0.2, 0.25) is 0 Å². The summed E-state index contributed by atoms with van der Waals surface area (Å²) < 4.78 is 11.0. The zero-order valence-electron chi connectivity index (χ0n) is 11.0. The van der Waals surface area contributed by atoms with Crippen LogP contribution in [-0.4, -0.2) is 63.0 Å². The van der Waals surface area contributed by atoms with Gasteiger partial charge >= 0.3 is 0 Å². The van der Waals surface area contributed by atoms with Crippen molar-refractivity contribution in [3.63, 3.8) is 0 Å². The van der Waals surface area contributed by atoms with Gasteiger partial charge in [-0.3, -0.25) is 4.90 Å². The molecule has 0 spiro atoms. The van der Waals surface area contributed by atoms with Gasteiger partial charge in [0.1, 0.15) is 0 Å². The second kappa shape index (κ2) is 7.22. The lowest BCUT2D eigenvalue weighted by molar-refractivity contribution is -0.0420. The second-order valence-corrected chi connectivity index (χ2v) is 4.49. The van der Waals surface area contributed by atoms with E-state index in [1.165, 1.54) is 0 Å². The summed E-state index contributed by atoms with van der Waals surface area (Å²) in [5.41, 5.74) is 0. The molecule has 0 saturated carbocycles. The van der Waals surface area contributed by atoms with E-state index in [0.717, 1.165) is 32.8 Å². The quantitative estimate of drug-likeness (QED) is 0.729. The zero-order chi connectivity index (χ0) is 12.0. The smallest absolute Gasteiger partial charge is 0.0852 e. The first kappa shape index (κ1) is 13.9. The molecule has 0 radical (unpaired) electrons. The average molecular weight is 230 g/mol. The van der Waals surface area contributed by atoms with Crippen molar-refractivity contribution >= 4 is 0 Å². The van der Waals surface area contributed by atoms with Crippen LogP contribution in [0.3, 0.4) is 0 Å². The first-order valence-electron chi connectivity index (χ1n) is 6.27. The molecule has 1 heterocycles. The Morgan fingerprint density at radius 3 is 2.75 bits per heavy atom. The third kappa shape index (κ3) is 3.70. The molecule has 1 aliphatic rings. The monoisotopic (exact) mass is 230 g/mol. The topological polar surface area (TPSA) is 33.7 Å². The molecule has 4 nitrogen and oxygen atoms in total. The van der Waals surface area contributed by atoms with Crippen LogP contribution in [0.5, 0.6) is 0 Å². The van der Waals surface area contributed by atoms with E-state index in [-0.39, 0.29) is 0 Å². The van der Waals surface area contributed by atoms with Crippen molar-refractivity contribution in [2.45, 2.75) is 39.0 Å². The van der Waals surface area contributed by atoms with Gasteiger partial charge in [-0.05, 0) is 20.4 Å². The molecule has 1 rings (SSSR count). The van der Waals surface area contributed by atoms with E-state index in [2.05, 4.69) is 31.0 Å². The molecule has 0 amide bonds. The number of likely N-dealkylation sites (N-methyl/N-ethyl adjacent to an activating group) is 1. The summed E-state index contributed by atoms with van der Waals surface area (Å²) in [7, 11) is 1.76. The maximum Gasteiger partial charge on any atom is 0.0852 e. The van der Waals surface area contributed by atoms with Crippen LogP contribution in [0.1, 0.15) is 20.8 Å². The molecule has 96 valence electrons. The molecule has 1 saturated heterocycles. The minimum absolute atomic E-state index is 0.299. The first-order chi connectivity index (χ1) is 7.70. The van der Waals surface area contributed by atoms with E-state index >= 15 is 0 Å². The first-order valence-corrected chi connectivity index (χ1v) is 6.27. The fourth-order valence-electron chi connectivity index (χ4n) is 2.45. The van der Waals surface area contributed by atoms with Crippen LogP contribution in [-0.2, 0) is 9.47 Å². The molecule has 0 bridgehead atoms. The molecule has 3 unspecified atom stereocenters. The lowest BCUT2D eigenvalue weighted by Gasteiger charge is -2.39. The summed E-state index contributed by atoms with van der Waals surface area (Å²) in [5.74, 6) is 0. The molecule has 1 aliphatic heterocycles. The van der Waals surface area contributed by atoms with Crippen LogP contribution >= 0.6 is 0 Å². The van der Waals surface area contributed by atoms with Crippen LogP contribution < -0.4 is 5.32 Å². The molecule has 0 aromatic heterocycles. The number of hydrogen-bond donors (Lipinski definition) is 1. The number of nitrogens with one attached hydrogen (secondary N) is 1. The highest BCUT2D eigenvalue weighted by atomic mass is 16.5. The fraction of sp³-hybridized carbons (Fsp3) is 1.00. The van der Waals surface area contributed by atoms with Gasteiger partial charge < -0.3 is 14.8 Å². The molecular formula is C12H26N2O2. The number of morpholine rings is 1. The highest BCUT2D eigenvalue weighted by Crippen LogP contribution is 2.13. The maximum atomic E-state index is 5.81. The number of ether oxygens (including phenoxy) is 2. The molecular weight excluding hydrogens is 204 g/mol. The van der Waals surface area contributed by atoms with Crippen molar-refractivity contribution in [3.8, 4) is 0 Å². The summed E-state index contributed by atoms with van der Waals surface area (Å²) in [6, 6.07) is 0.874. The molecule has 1 N–H and O–H groups in total. The van der Waals surface area contributed by atoms with E-state index in [9.17, 15) is 0 Å². The molecule has 0 aliphatic carbocycles. The van der Waals surface area contributed by atoms with Crippen molar-refractivity contribution in [1.29, 1.82) is 0 Å². The lowest BCUT2D eigenvalue weighted by atomic mass is 10.1. The SMILES string of the molecule is CCN(C(C)COC)C(C)C1CNCCO1. The second-order valence-electron chi connectivity index (χ2n) is 4.49. The van der Waals surface area contributed by atoms with Gasteiger partial charge in [0.15, 0.2) is 0 Å². The van der Waals surface area contributed by atoms with E-state index in [1.54, 1.807) is 7.11 Å². The van der Waals surface area contributed by atoms with Crippen molar-refractivity contribution in [1.82, 2.24) is 10.2 Å². The fourth-order valence-corrected chi connectivity index (χ4v) is 2.45. The molecule has 16 heavy (non-hydrogen) atoms. The Labute approximate surface area is 99.3 Å². The third-order valence-electron chi connectivity index (χ3n) is 3.36. The molecule has 0 aromatic carbocycles. The minimum atomic E-state index is 0.299. The van der Waals surface area contributed by atoms with E-state index in [0.29, 0.717) is 18.2 Å². The van der Waals surface area contributed by atoms with Gasteiger partial charge in [-0.25, -0.2) is 0 Å². The highest BCUT2D eigenvalue weighted by molar-refractivity contribution is 4.82. The van der Waals surface area contributed by atoms with Gasteiger partial charge in [0.25, 0.3) is 0 Å². The lowest BCUT2D eigenvalue weighted by Crippen LogP contribution is -2.54. The summed E-state index contributed by atoms with van der Waals surface area (Å²) in [6.45, 7) is 11.2. The Kier molecular flexibility index (Phi) is 6.28. The number of methoxy groups -OCH3 is 1. The Hall–Kier alpha value is -0.160. The predicted octanol–water partition coefficient (Wildman–Crippen LogP) is 0.720. The normalized spacial score (nSPS) is 25.7. The van der Waals surface area contributed by atoms with Crippen LogP contribution in [0.2, 0.25) is 0 Å². The summed E-state index contributed by atoms with van der Waals surface area (Å²) in [4.78, 5) is 2.45. The third-order valence-corrected chi connectivity index (χ3v) is 3.36. The van der Waals surface area contributed by atoms with E-state index in [1.807, 2.05) is 0 Å². The van der Waals surface area contributed by atoms with Crippen molar-refractivity contribution in [2.75, 3.05) is 40.0 Å². The van der Waals surface area contributed by atoms with Crippen LogP contribution in [0.4, 0.5) is 0 Å². The van der Waals surface area contributed by atoms with Gasteiger partial charge in [-0.2, -0.15) is 0 Å². The molecule has 1 fully saturated rings. The minimum Gasteiger partial charge on any atom is -0.383 e. The zero-order valence-corrected chi connectivity index (χ0v) is 11.0.